The number of hydrogen-bond donors (Lipinski definition) is 0. The fourth-order valence-electron chi connectivity index (χ4n) is 1.10. The van der Waals surface area contributed by atoms with E-state index >= 15 is 0 Å². The van der Waals surface area contributed by atoms with Crippen molar-refractivity contribution >= 4 is 29.7 Å². The first-order valence-corrected chi connectivity index (χ1v) is 5.79. The van der Waals surface area contributed by atoms with E-state index < -0.39 is 18.4 Å². The van der Waals surface area contributed by atoms with Crippen LogP contribution in [0.2, 0.25) is 4.59 Å². The predicted octanol–water partition coefficient (Wildman–Crippen LogP) is -6.18. The summed E-state index contributed by atoms with van der Waals surface area (Å²) in [4.78, 5) is 18.6. The molecule has 0 aliphatic heterocycles. The van der Waals surface area contributed by atoms with Gasteiger partial charge >= 0.3 is 127 Å². The molecule has 0 aliphatic rings. The quantitative estimate of drug-likeness (QED) is 0.261. The molecule has 0 amide bonds. The maximum atomic E-state index is 9.28. The third-order valence-electron chi connectivity index (χ3n) is 1.92. The minimum absolute atomic E-state index is 0. The second-order valence-corrected chi connectivity index (χ2v) is 4.16. The van der Waals surface area contributed by atoms with Crippen molar-refractivity contribution in [2.24, 2.45) is 0 Å². The summed E-state index contributed by atoms with van der Waals surface area (Å²) in [5, 5.41) is 18.6. The van der Waals surface area contributed by atoms with Gasteiger partial charge in [0.1, 0.15) is 0 Å². The van der Waals surface area contributed by atoms with Crippen LogP contribution in [0.25, 0.3) is 0 Å². The summed E-state index contributed by atoms with van der Waals surface area (Å²) in [5.74, 6) is -3.25. The fourth-order valence-corrected chi connectivity index (χ4v) is 1.10. The van der Waals surface area contributed by atoms with E-state index in [2.05, 4.69) is 31.6 Å². The van der Waals surface area contributed by atoms with Gasteiger partial charge in [0.25, 0.3) is 0 Å². The van der Waals surface area contributed by atoms with Crippen LogP contribution in [0.3, 0.4) is 0 Å². The Morgan fingerprint density at radius 1 is 1.06 bits per heavy atom. The van der Waals surface area contributed by atoms with Crippen LogP contribution in [-0.4, -0.2) is 29.7 Å². The van der Waals surface area contributed by atoms with E-state index in [0.717, 1.165) is 4.59 Å². The molecule has 0 aliphatic carbocycles. The molecule has 4 nitrogen and oxygen atoms in total. The molecular weight excluding hydrogens is 249 g/mol. The summed E-state index contributed by atoms with van der Waals surface area (Å²) < 4.78 is 0.904. The van der Waals surface area contributed by atoms with Gasteiger partial charge in [0.15, 0.2) is 0 Å². The van der Waals surface area contributed by atoms with Crippen LogP contribution in [-0.2, 0) is 9.59 Å². The number of carboxylic acid groups (broad SMARTS) is 2. The number of hydrogen-bond acceptors (Lipinski definition) is 4. The van der Waals surface area contributed by atoms with Crippen molar-refractivity contribution in [1.29, 1.82) is 0 Å². The number of aliphatic carboxylic acids is 2. The number of carboxylic acids is 2. The van der Waals surface area contributed by atoms with Crippen LogP contribution in [0.15, 0.2) is 0 Å². The largest absolute Gasteiger partial charge is 1.00 e. The average Bonchev–Trinajstić information content (AvgIpc) is 2.11. The third kappa shape index (κ3) is 36.0. The van der Waals surface area contributed by atoms with E-state index in [9.17, 15) is 19.8 Å². The first-order chi connectivity index (χ1) is 7.40. The standard InChI is InChI=1S/C8H17.C3H4O4.Li.2Na/c1-3-5-7-8-6-4-2;4-2(5)1-3(6)7;;;/h3H,4-8H2,1-2H3;1H2,(H,4,5)(H,6,7);;;/q;;;2*+1/p-2. The van der Waals surface area contributed by atoms with E-state index in [0.29, 0.717) is 0 Å². The van der Waals surface area contributed by atoms with Crippen LogP contribution in [0, 0.1) is 0 Å². The number of rotatable bonds is 7. The summed E-state index contributed by atoms with van der Waals surface area (Å²) in [6, 6.07) is 0. The predicted molar refractivity (Wildman–Crippen MR) is 58.6 cm³/mol. The van der Waals surface area contributed by atoms with Gasteiger partial charge < -0.3 is 19.8 Å². The first kappa shape index (κ1) is 27.8. The maximum Gasteiger partial charge on any atom is 1.00 e. The minimum atomic E-state index is -1.63. The molecule has 0 aromatic rings. The van der Waals surface area contributed by atoms with E-state index in [1.807, 2.05) is 0 Å². The second kappa shape index (κ2) is 20.8. The van der Waals surface area contributed by atoms with Gasteiger partial charge in [-0.05, 0) is 0 Å². The van der Waals surface area contributed by atoms with Crippen LogP contribution in [0.5, 0.6) is 0 Å². The average molecular weight is 268 g/mol. The summed E-state index contributed by atoms with van der Waals surface area (Å²) in [6.45, 7) is 4.56. The Morgan fingerprint density at radius 2 is 1.50 bits per heavy atom. The van der Waals surface area contributed by atoms with Crippen LogP contribution < -0.4 is 69.3 Å². The zero-order chi connectivity index (χ0) is 13.0. The molecule has 0 spiro atoms. The molecule has 90 valence electrons. The SMILES string of the molecule is O=C([O-])CC(=O)[O-].[Li][CH](C)CCCCCC.[Na+].[Na+]. The van der Waals surface area contributed by atoms with Crippen molar-refractivity contribution in [3.63, 3.8) is 0 Å². The Morgan fingerprint density at radius 3 is 1.72 bits per heavy atom. The Bertz CT molecular complexity index is 189. The van der Waals surface area contributed by atoms with E-state index in [-0.39, 0.29) is 59.1 Å². The van der Waals surface area contributed by atoms with Gasteiger partial charge in [0, 0.05) is 18.4 Å². The Hall–Kier alpha value is 1.54. The van der Waals surface area contributed by atoms with E-state index in [1.165, 1.54) is 32.1 Å². The van der Waals surface area contributed by atoms with Gasteiger partial charge in [-0.15, -0.1) is 0 Å². The Kier molecular flexibility index (Phi) is 32.2. The topological polar surface area (TPSA) is 80.3 Å². The second-order valence-electron chi connectivity index (χ2n) is 4.16. The molecule has 0 aromatic carbocycles. The number of unbranched alkanes of at least 4 members (excludes halogenated alkanes) is 3. The van der Waals surface area contributed by atoms with E-state index in [4.69, 9.17) is 0 Å². The van der Waals surface area contributed by atoms with Gasteiger partial charge in [0.2, 0.25) is 0 Å². The van der Waals surface area contributed by atoms with Gasteiger partial charge in [-0.1, -0.05) is 0 Å². The van der Waals surface area contributed by atoms with Crippen molar-refractivity contribution in [3.8, 4) is 0 Å². The molecule has 0 saturated heterocycles. The molecule has 0 rings (SSSR count). The van der Waals surface area contributed by atoms with Crippen molar-refractivity contribution in [1.82, 2.24) is 0 Å². The van der Waals surface area contributed by atoms with Crippen LogP contribution in [0.4, 0.5) is 0 Å². The Labute approximate surface area is 163 Å². The molecule has 0 N–H and O–H groups in total. The van der Waals surface area contributed by atoms with Crippen molar-refractivity contribution in [2.45, 2.75) is 57.0 Å². The molecule has 7 heteroatoms. The molecule has 1 unspecified atom stereocenters. The third-order valence-corrected chi connectivity index (χ3v) is 1.92. The molecular formula is C11H19LiNa2O4. The first-order valence-electron chi connectivity index (χ1n) is 5.79. The molecule has 0 radical (unpaired) electrons. The maximum absolute atomic E-state index is 9.28. The van der Waals surface area contributed by atoms with Crippen molar-refractivity contribution in [3.05, 3.63) is 0 Å². The zero-order valence-electron chi connectivity index (χ0n) is 12.5. The van der Waals surface area contributed by atoms with Gasteiger partial charge in [-0.2, -0.15) is 0 Å². The monoisotopic (exact) mass is 268 g/mol. The fraction of sp³-hybridized carbons (Fsp3) is 0.818. The molecule has 18 heavy (non-hydrogen) atoms. The van der Waals surface area contributed by atoms with Gasteiger partial charge in [-0.3, -0.25) is 0 Å². The molecule has 0 fully saturated rings. The minimum Gasteiger partial charge on any atom is 1.00 e. The summed E-state index contributed by atoms with van der Waals surface area (Å²) in [7, 11) is 0. The Balaban J connectivity index is -0.000000100. The molecule has 0 saturated carbocycles. The van der Waals surface area contributed by atoms with Crippen molar-refractivity contribution < 1.29 is 78.9 Å². The normalized spacial score (nSPS) is 10.0. The van der Waals surface area contributed by atoms with Gasteiger partial charge in [-0.25, -0.2) is 0 Å². The van der Waals surface area contributed by atoms with Crippen LogP contribution in [0.1, 0.15) is 52.4 Å². The summed E-state index contributed by atoms with van der Waals surface area (Å²) >= 11 is 2.30. The van der Waals surface area contributed by atoms with Crippen LogP contribution >= 0.6 is 0 Å². The molecule has 0 bridgehead atoms. The van der Waals surface area contributed by atoms with Crippen molar-refractivity contribution in [2.75, 3.05) is 0 Å². The summed E-state index contributed by atoms with van der Waals surface area (Å²) in [5.41, 5.74) is 0. The molecule has 0 heterocycles. The molecule has 1 atom stereocenters. The van der Waals surface area contributed by atoms with E-state index in [1.54, 1.807) is 0 Å². The van der Waals surface area contributed by atoms with Gasteiger partial charge in [0.05, 0.1) is 0 Å². The zero-order valence-corrected chi connectivity index (χ0v) is 16.5. The molecule has 0 aromatic heterocycles. The summed E-state index contributed by atoms with van der Waals surface area (Å²) in [6.07, 6.45) is 6.05. The smallest absolute Gasteiger partial charge is 1.00 e. The number of carbonyl (C=O) groups excluding carboxylic acids is 2. The number of carbonyl (C=O) groups is 2.